The number of rotatable bonds is 4. The molecule has 0 bridgehead atoms. The summed E-state index contributed by atoms with van der Waals surface area (Å²) in [4.78, 5) is 16.8. The fourth-order valence-corrected chi connectivity index (χ4v) is 4.86. The van der Waals surface area contributed by atoms with E-state index >= 15 is 0 Å². The summed E-state index contributed by atoms with van der Waals surface area (Å²) in [6.07, 6.45) is 10.1. The number of sulfonamides is 1. The Morgan fingerprint density at radius 3 is 2.70 bits per heavy atom. The van der Waals surface area contributed by atoms with Gasteiger partial charge in [0.25, 0.3) is 0 Å². The molecule has 1 fully saturated rings. The van der Waals surface area contributed by atoms with E-state index in [0.29, 0.717) is 13.1 Å². The molecule has 1 aliphatic rings. The van der Waals surface area contributed by atoms with Gasteiger partial charge in [-0.1, -0.05) is 0 Å². The van der Waals surface area contributed by atoms with E-state index in [2.05, 4.69) is 31.3 Å². The molecule has 4 aromatic rings. The number of hydrogen-bond donors (Lipinski definition) is 2. The number of aromatic amines is 1. The summed E-state index contributed by atoms with van der Waals surface area (Å²) in [6, 6.07) is 8.22. The van der Waals surface area contributed by atoms with E-state index in [0.717, 1.165) is 51.7 Å². The van der Waals surface area contributed by atoms with Crippen LogP contribution in [0.15, 0.2) is 49.1 Å². The van der Waals surface area contributed by atoms with E-state index in [4.69, 9.17) is 0 Å². The second-order valence-electron chi connectivity index (χ2n) is 7.67. The summed E-state index contributed by atoms with van der Waals surface area (Å²) in [5.74, 6) is 0.769. The van der Waals surface area contributed by atoms with Crippen LogP contribution in [0.1, 0.15) is 12.8 Å². The van der Waals surface area contributed by atoms with Crippen molar-refractivity contribution in [3.63, 3.8) is 0 Å². The first kappa shape index (κ1) is 19.0. The SMILES string of the molecule is CS(=O)(=O)N1CCC(Nc2cc3c(-c4cnc5[nH]ccc5c4)nccc3cn2)CC1. The van der Waals surface area contributed by atoms with Gasteiger partial charge >= 0.3 is 0 Å². The molecule has 154 valence electrons. The topological polar surface area (TPSA) is 104 Å². The lowest BCUT2D eigenvalue weighted by Crippen LogP contribution is -2.41. The molecule has 1 saturated heterocycles. The number of aromatic nitrogens is 4. The molecule has 0 unspecified atom stereocenters. The van der Waals surface area contributed by atoms with Crippen LogP contribution in [0, 0.1) is 0 Å². The van der Waals surface area contributed by atoms with Crippen molar-refractivity contribution in [2.24, 2.45) is 0 Å². The fraction of sp³-hybridized carbons (Fsp3) is 0.286. The first-order valence-electron chi connectivity index (χ1n) is 9.87. The van der Waals surface area contributed by atoms with Crippen LogP contribution in [0.4, 0.5) is 5.82 Å². The van der Waals surface area contributed by atoms with Crippen LogP contribution in [0.5, 0.6) is 0 Å². The number of nitrogens with one attached hydrogen (secondary N) is 2. The minimum absolute atomic E-state index is 0.186. The molecule has 0 amide bonds. The molecule has 9 heteroatoms. The Morgan fingerprint density at radius 2 is 1.90 bits per heavy atom. The maximum absolute atomic E-state index is 11.7. The maximum Gasteiger partial charge on any atom is 0.211 e. The predicted molar refractivity (Wildman–Crippen MR) is 118 cm³/mol. The van der Waals surface area contributed by atoms with Crippen molar-refractivity contribution in [1.82, 2.24) is 24.2 Å². The van der Waals surface area contributed by atoms with Crippen LogP contribution < -0.4 is 5.32 Å². The van der Waals surface area contributed by atoms with Crippen LogP contribution in [0.3, 0.4) is 0 Å². The zero-order valence-corrected chi connectivity index (χ0v) is 17.4. The standard InChI is InChI=1S/C21H22N6O2S/c1-30(28,29)27-8-4-17(5-9-27)26-19-11-18-15(12-24-19)3-6-22-20(18)16-10-14-2-7-23-21(14)25-13-16/h2-3,6-7,10-13,17H,4-5,8-9H2,1H3,(H,23,25)(H,24,26). The third-order valence-electron chi connectivity index (χ3n) is 5.60. The summed E-state index contributed by atoms with van der Waals surface area (Å²) in [6.45, 7) is 1.05. The number of pyridine rings is 3. The van der Waals surface area contributed by atoms with E-state index in [1.54, 1.807) is 6.20 Å². The number of hydrogen-bond acceptors (Lipinski definition) is 6. The highest BCUT2D eigenvalue weighted by atomic mass is 32.2. The Kier molecular flexibility index (Phi) is 4.63. The van der Waals surface area contributed by atoms with Gasteiger partial charge in [0.1, 0.15) is 11.5 Å². The third kappa shape index (κ3) is 3.61. The summed E-state index contributed by atoms with van der Waals surface area (Å²) in [5, 5.41) is 6.51. The first-order chi connectivity index (χ1) is 14.5. The van der Waals surface area contributed by atoms with Crippen molar-refractivity contribution < 1.29 is 8.42 Å². The van der Waals surface area contributed by atoms with Gasteiger partial charge in [0.2, 0.25) is 10.0 Å². The Balaban J connectivity index is 1.43. The van der Waals surface area contributed by atoms with E-state index in [9.17, 15) is 8.42 Å². The third-order valence-corrected chi connectivity index (χ3v) is 6.90. The number of H-pyrrole nitrogens is 1. The van der Waals surface area contributed by atoms with Gasteiger partial charge in [-0.2, -0.15) is 0 Å². The van der Waals surface area contributed by atoms with Crippen molar-refractivity contribution >= 4 is 37.6 Å². The highest BCUT2D eigenvalue weighted by molar-refractivity contribution is 7.88. The smallest absolute Gasteiger partial charge is 0.211 e. The summed E-state index contributed by atoms with van der Waals surface area (Å²) < 4.78 is 25.0. The zero-order valence-electron chi connectivity index (χ0n) is 16.5. The van der Waals surface area contributed by atoms with Crippen LogP contribution in [0.25, 0.3) is 33.1 Å². The molecular weight excluding hydrogens is 400 g/mol. The lowest BCUT2D eigenvalue weighted by atomic mass is 10.0. The molecule has 0 aromatic carbocycles. The number of anilines is 1. The van der Waals surface area contributed by atoms with Gasteiger partial charge in [0.05, 0.1) is 11.9 Å². The maximum atomic E-state index is 11.7. The van der Waals surface area contributed by atoms with Crippen molar-refractivity contribution in [1.29, 1.82) is 0 Å². The molecule has 5 heterocycles. The summed E-state index contributed by atoms with van der Waals surface area (Å²) >= 11 is 0. The number of piperidine rings is 1. The second-order valence-corrected chi connectivity index (χ2v) is 9.65. The molecule has 0 spiro atoms. The van der Waals surface area contributed by atoms with E-state index in [-0.39, 0.29) is 6.04 Å². The highest BCUT2D eigenvalue weighted by Crippen LogP contribution is 2.29. The van der Waals surface area contributed by atoms with Crippen LogP contribution >= 0.6 is 0 Å². The van der Waals surface area contributed by atoms with E-state index < -0.39 is 10.0 Å². The van der Waals surface area contributed by atoms with Gasteiger partial charge in [-0.15, -0.1) is 0 Å². The van der Waals surface area contributed by atoms with Gasteiger partial charge in [0.15, 0.2) is 0 Å². The molecular formula is C21H22N6O2S. The van der Waals surface area contributed by atoms with Crippen LogP contribution in [0.2, 0.25) is 0 Å². The monoisotopic (exact) mass is 422 g/mol. The second kappa shape index (κ2) is 7.33. The van der Waals surface area contributed by atoms with Crippen LogP contribution in [-0.4, -0.2) is 58.0 Å². The van der Waals surface area contributed by atoms with Crippen molar-refractivity contribution in [3.05, 3.63) is 49.1 Å². The predicted octanol–water partition coefficient (Wildman–Crippen LogP) is 3.01. The average molecular weight is 423 g/mol. The molecule has 4 aromatic heterocycles. The van der Waals surface area contributed by atoms with Gasteiger partial charge in [-0.25, -0.2) is 22.7 Å². The molecule has 30 heavy (non-hydrogen) atoms. The lowest BCUT2D eigenvalue weighted by molar-refractivity contribution is 0.331. The number of fused-ring (bicyclic) bond motifs is 2. The molecule has 0 saturated carbocycles. The Morgan fingerprint density at radius 1 is 1.07 bits per heavy atom. The van der Waals surface area contributed by atoms with Crippen LogP contribution in [-0.2, 0) is 10.0 Å². The van der Waals surface area contributed by atoms with E-state index in [1.165, 1.54) is 10.6 Å². The average Bonchev–Trinajstić information content (AvgIpc) is 3.21. The minimum atomic E-state index is -3.13. The van der Waals surface area contributed by atoms with Gasteiger partial charge < -0.3 is 10.3 Å². The Hall–Kier alpha value is -3.04. The summed E-state index contributed by atoms with van der Waals surface area (Å²) in [5.41, 5.74) is 2.66. The molecule has 1 aliphatic heterocycles. The molecule has 8 nitrogen and oxygen atoms in total. The number of nitrogens with zero attached hydrogens (tertiary/aromatic N) is 4. The molecule has 0 aliphatic carbocycles. The molecule has 2 N–H and O–H groups in total. The zero-order chi connectivity index (χ0) is 20.7. The van der Waals surface area contributed by atoms with E-state index in [1.807, 2.05) is 36.8 Å². The van der Waals surface area contributed by atoms with Gasteiger partial charge in [0, 0.05) is 65.6 Å². The Labute approximate surface area is 174 Å². The van der Waals surface area contributed by atoms with Crippen molar-refractivity contribution in [2.75, 3.05) is 24.7 Å². The molecule has 0 radical (unpaired) electrons. The highest BCUT2D eigenvalue weighted by Gasteiger charge is 2.25. The Bertz CT molecular complexity index is 1330. The molecule has 5 rings (SSSR count). The largest absolute Gasteiger partial charge is 0.367 e. The van der Waals surface area contributed by atoms with Gasteiger partial charge in [-0.05, 0) is 37.1 Å². The van der Waals surface area contributed by atoms with Gasteiger partial charge in [-0.3, -0.25) is 4.98 Å². The lowest BCUT2D eigenvalue weighted by Gasteiger charge is -2.30. The van der Waals surface area contributed by atoms with Crippen molar-refractivity contribution in [2.45, 2.75) is 18.9 Å². The normalized spacial score (nSPS) is 16.3. The minimum Gasteiger partial charge on any atom is -0.367 e. The quantitative estimate of drug-likeness (QED) is 0.524. The first-order valence-corrected chi connectivity index (χ1v) is 11.7. The fourth-order valence-electron chi connectivity index (χ4n) is 3.98. The molecule has 0 atom stereocenters. The van der Waals surface area contributed by atoms with Crippen molar-refractivity contribution in [3.8, 4) is 11.3 Å². The summed E-state index contributed by atoms with van der Waals surface area (Å²) in [7, 11) is -3.13.